The molecule has 1 heterocycles. The van der Waals surface area contributed by atoms with Crippen LogP contribution < -0.4 is 9.47 Å². The van der Waals surface area contributed by atoms with Gasteiger partial charge in [0.2, 0.25) is 0 Å². The van der Waals surface area contributed by atoms with Crippen LogP contribution in [-0.2, 0) is 17.9 Å². The summed E-state index contributed by atoms with van der Waals surface area (Å²) in [4.78, 5) is 26.9. The minimum Gasteiger partial charge on any atom is -0.490 e. The van der Waals surface area contributed by atoms with E-state index >= 15 is 0 Å². The number of carbonyl (C=O) groups is 2. The summed E-state index contributed by atoms with van der Waals surface area (Å²) in [7, 11) is 0. The molecule has 0 spiro atoms. The smallest absolute Gasteiger partial charge is 0.293 e. The summed E-state index contributed by atoms with van der Waals surface area (Å²) in [6, 6.07) is 17.4. The second kappa shape index (κ2) is 11.1. The van der Waals surface area contributed by atoms with E-state index in [-0.39, 0.29) is 17.6 Å². The lowest BCUT2D eigenvalue weighted by atomic mass is 10.1. The van der Waals surface area contributed by atoms with Gasteiger partial charge in [-0.2, -0.15) is 0 Å². The number of benzene rings is 3. The average Bonchev–Trinajstić information content (AvgIpc) is 3.07. The molecular formula is C27H23BrFNO4S. The highest BCUT2D eigenvalue weighted by molar-refractivity contribution is 9.10. The second-order valence-electron chi connectivity index (χ2n) is 7.94. The largest absolute Gasteiger partial charge is 0.490 e. The van der Waals surface area contributed by atoms with Crippen molar-refractivity contribution >= 4 is 44.9 Å². The van der Waals surface area contributed by atoms with Crippen LogP contribution in [0.2, 0.25) is 0 Å². The minimum atomic E-state index is -0.391. The number of rotatable bonds is 8. The number of nitrogens with zero attached hydrogens (tertiary/aromatic N) is 1. The molecule has 3 aromatic rings. The minimum absolute atomic E-state index is 0.0852. The molecule has 0 bridgehead atoms. The van der Waals surface area contributed by atoms with E-state index in [0.717, 1.165) is 27.8 Å². The van der Waals surface area contributed by atoms with Crippen molar-refractivity contribution in [1.29, 1.82) is 0 Å². The molecule has 0 unspecified atom stereocenters. The maximum Gasteiger partial charge on any atom is 0.293 e. The fraction of sp³-hybridized carbons (Fsp3) is 0.185. The lowest BCUT2D eigenvalue weighted by Gasteiger charge is -2.15. The number of hydrogen-bond donors (Lipinski definition) is 0. The average molecular weight is 556 g/mol. The van der Waals surface area contributed by atoms with Crippen molar-refractivity contribution in [2.75, 3.05) is 6.61 Å². The maximum atomic E-state index is 13.2. The van der Waals surface area contributed by atoms with Crippen LogP contribution in [0.3, 0.4) is 0 Å². The van der Waals surface area contributed by atoms with Gasteiger partial charge in [-0.15, -0.1) is 0 Å². The molecule has 1 aliphatic rings. The van der Waals surface area contributed by atoms with Crippen LogP contribution >= 0.6 is 27.7 Å². The van der Waals surface area contributed by atoms with Gasteiger partial charge in [0.15, 0.2) is 11.5 Å². The number of imide groups is 1. The molecule has 1 aliphatic heterocycles. The Morgan fingerprint density at radius 1 is 1.03 bits per heavy atom. The second-order valence-corrected chi connectivity index (χ2v) is 9.78. The number of aryl methyl sites for hydroxylation is 1. The molecule has 0 aliphatic carbocycles. The summed E-state index contributed by atoms with van der Waals surface area (Å²) in [5, 5.41) is -0.368. The van der Waals surface area contributed by atoms with E-state index < -0.39 is 5.91 Å². The van der Waals surface area contributed by atoms with Crippen LogP contribution in [0.15, 0.2) is 70.0 Å². The molecule has 2 amide bonds. The Labute approximate surface area is 216 Å². The van der Waals surface area contributed by atoms with Gasteiger partial charge in [0.05, 0.1) is 22.5 Å². The molecule has 4 rings (SSSR count). The summed E-state index contributed by atoms with van der Waals surface area (Å²) < 4.78 is 25.7. The van der Waals surface area contributed by atoms with Crippen molar-refractivity contribution in [1.82, 2.24) is 4.90 Å². The van der Waals surface area contributed by atoms with Gasteiger partial charge in [-0.1, -0.05) is 42.0 Å². The van der Waals surface area contributed by atoms with E-state index in [0.29, 0.717) is 45.2 Å². The first kappa shape index (κ1) is 25.0. The van der Waals surface area contributed by atoms with Crippen LogP contribution in [0.1, 0.15) is 29.2 Å². The zero-order chi connectivity index (χ0) is 24.9. The molecule has 3 aromatic carbocycles. The third-order valence-electron chi connectivity index (χ3n) is 5.22. The van der Waals surface area contributed by atoms with E-state index in [1.165, 1.54) is 12.1 Å². The third kappa shape index (κ3) is 6.13. The van der Waals surface area contributed by atoms with Crippen molar-refractivity contribution in [2.45, 2.75) is 27.0 Å². The normalized spacial score (nSPS) is 14.6. The predicted octanol–water partition coefficient (Wildman–Crippen LogP) is 7.11. The van der Waals surface area contributed by atoms with E-state index in [1.54, 1.807) is 24.3 Å². The van der Waals surface area contributed by atoms with Crippen molar-refractivity contribution in [3.8, 4) is 11.5 Å². The highest BCUT2D eigenvalue weighted by Gasteiger charge is 2.35. The number of carbonyl (C=O) groups excluding carboxylic acids is 2. The summed E-state index contributed by atoms with van der Waals surface area (Å²) in [6.45, 7) is 4.81. The van der Waals surface area contributed by atoms with Crippen LogP contribution in [-0.4, -0.2) is 22.7 Å². The Morgan fingerprint density at radius 2 is 1.80 bits per heavy atom. The van der Waals surface area contributed by atoms with Gasteiger partial charge in [-0.25, -0.2) is 4.39 Å². The first-order valence-corrected chi connectivity index (χ1v) is 12.6. The van der Waals surface area contributed by atoms with Gasteiger partial charge in [0.25, 0.3) is 11.1 Å². The Kier molecular flexibility index (Phi) is 7.93. The summed E-state index contributed by atoms with van der Waals surface area (Å²) >= 11 is 4.43. The zero-order valence-corrected chi connectivity index (χ0v) is 21.6. The fourth-order valence-corrected chi connectivity index (χ4v) is 5.00. The van der Waals surface area contributed by atoms with Crippen molar-refractivity contribution in [3.05, 3.63) is 98.1 Å². The van der Waals surface area contributed by atoms with E-state index in [1.807, 2.05) is 38.1 Å². The molecule has 0 saturated carbocycles. The standard InChI is InChI=1S/C27H23BrFNO4S/c1-3-33-23-13-20(12-22(28)25(23)34-16-19-6-4-5-17(2)11-19)14-24-26(31)30(27(32)35-24)15-18-7-9-21(29)10-8-18/h4-14H,3,15-16H2,1-2H3/b24-14-. The van der Waals surface area contributed by atoms with Crippen LogP contribution in [0.25, 0.3) is 6.08 Å². The molecule has 1 fully saturated rings. The van der Waals surface area contributed by atoms with Crippen molar-refractivity contribution in [2.24, 2.45) is 0 Å². The molecule has 8 heteroatoms. The zero-order valence-electron chi connectivity index (χ0n) is 19.2. The molecule has 0 atom stereocenters. The molecule has 1 saturated heterocycles. The quantitative estimate of drug-likeness (QED) is 0.277. The molecular weight excluding hydrogens is 533 g/mol. The SMILES string of the molecule is CCOc1cc(/C=C2\SC(=O)N(Cc3ccc(F)cc3)C2=O)cc(Br)c1OCc1cccc(C)c1. The summed E-state index contributed by atoms with van der Waals surface area (Å²) in [6.07, 6.45) is 1.66. The Morgan fingerprint density at radius 3 is 2.51 bits per heavy atom. The number of thioether (sulfide) groups is 1. The van der Waals surface area contributed by atoms with Gasteiger partial charge < -0.3 is 9.47 Å². The molecule has 5 nitrogen and oxygen atoms in total. The Balaban J connectivity index is 1.55. The lowest BCUT2D eigenvalue weighted by molar-refractivity contribution is -0.123. The molecule has 0 N–H and O–H groups in total. The topological polar surface area (TPSA) is 55.8 Å². The summed E-state index contributed by atoms with van der Waals surface area (Å²) in [5.41, 5.74) is 3.55. The fourth-order valence-electron chi connectivity index (χ4n) is 3.59. The lowest BCUT2D eigenvalue weighted by Crippen LogP contribution is -2.27. The summed E-state index contributed by atoms with van der Waals surface area (Å²) in [5.74, 6) is 0.337. The molecule has 0 radical (unpaired) electrons. The maximum absolute atomic E-state index is 13.2. The first-order valence-electron chi connectivity index (χ1n) is 11.0. The number of amides is 2. The highest BCUT2D eigenvalue weighted by atomic mass is 79.9. The Hall–Kier alpha value is -3.10. The van der Waals surface area contributed by atoms with Gasteiger partial charge in [-0.05, 0) is 88.6 Å². The van der Waals surface area contributed by atoms with Crippen LogP contribution in [0.5, 0.6) is 11.5 Å². The van der Waals surface area contributed by atoms with E-state index in [2.05, 4.69) is 22.0 Å². The van der Waals surface area contributed by atoms with Crippen molar-refractivity contribution in [3.63, 3.8) is 0 Å². The predicted molar refractivity (Wildman–Crippen MR) is 139 cm³/mol. The number of halogens is 2. The Bertz CT molecular complexity index is 1290. The van der Waals surface area contributed by atoms with Crippen LogP contribution in [0.4, 0.5) is 9.18 Å². The monoisotopic (exact) mass is 555 g/mol. The number of ether oxygens (including phenoxy) is 2. The first-order chi connectivity index (χ1) is 16.8. The molecule has 0 aromatic heterocycles. The van der Waals surface area contributed by atoms with E-state index in [9.17, 15) is 14.0 Å². The van der Waals surface area contributed by atoms with Gasteiger partial charge in [-0.3, -0.25) is 14.5 Å². The van der Waals surface area contributed by atoms with E-state index in [4.69, 9.17) is 9.47 Å². The van der Waals surface area contributed by atoms with Gasteiger partial charge in [0, 0.05) is 0 Å². The number of hydrogen-bond acceptors (Lipinski definition) is 5. The van der Waals surface area contributed by atoms with Crippen molar-refractivity contribution < 1.29 is 23.5 Å². The third-order valence-corrected chi connectivity index (χ3v) is 6.72. The van der Waals surface area contributed by atoms with Gasteiger partial charge >= 0.3 is 0 Å². The molecule has 180 valence electrons. The van der Waals surface area contributed by atoms with Crippen LogP contribution in [0, 0.1) is 12.7 Å². The molecule has 35 heavy (non-hydrogen) atoms. The van der Waals surface area contributed by atoms with Gasteiger partial charge in [0.1, 0.15) is 12.4 Å². The highest BCUT2D eigenvalue weighted by Crippen LogP contribution is 2.40.